The number of phenols is 1. The molecule has 0 saturated heterocycles. The second kappa shape index (κ2) is 7.31. The van der Waals surface area contributed by atoms with E-state index in [1.807, 2.05) is 25.1 Å². The van der Waals surface area contributed by atoms with E-state index in [1.54, 1.807) is 30.3 Å². The predicted molar refractivity (Wildman–Crippen MR) is 99.1 cm³/mol. The third-order valence-corrected chi connectivity index (χ3v) is 4.31. The Balaban J connectivity index is 1.95. The zero-order valence-corrected chi connectivity index (χ0v) is 14.7. The smallest absolute Gasteiger partial charge is 0.410 e. The summed E-state index contributed by atoms with van der Waals surface area (Å²) in [7, 11) is 1.29. The van der Waals surface area contributed by atoms with Gasteiger partial charge in [0.25, 0.3) is 5.56 Å². The molecule has 6 heteroatoms. The van der Waals surface area contributed by atoms with Crippen molar-refractivity contribution in [2.45, 2.75) is 20.0 Å². The lowest BCUT2D eigenvalue weighted by atomic mass is 10.1. The fourth-order valence-electron chi connectivity index (χ4n) is 2.92. The molecule has 2 N–H and O–H groups in total. The number of carbonyl (C=O) groups is 1. The van der Waals surface area contributed by atoms with Crippen molar-refractivity contribution in [3.63, 3.8) is 0 Å². The van der Waals surface area contributed by atoms with Gasteiger partial charge in [0.2, 0.25) is 0 Å². The Bertz CT molecular complexity index is 1010. The molecule has 2 aromatic carbocycles. The number of aromatic nitrogens is 1. The maximum atomic E-state index is 12.5. The fraction of sp³-hybridized carbons (Fsp3) is 0.200. The van der Waals surface area contributed by atoms with Crippen molar-refractivity contribution >= 4 is 17.0 Å². The second-order valence-corrected chi connectivity index (χ2v) is 6.12. The highest BCUT2D eigenvalue weighted by atomic mass is 16.5. The number of aromatic hydroxyl groups is 1. The number of nitrogens with zero attached hydrogens (tertiary/aromatic N) is 1. The van der Waals surface area contributed by atoms with Crippen LogP contribution in [-0.2, 0) is 17.8 Å². The summed E-state index contributed by atoms with van der Waals surface area (Å²) in [6.45, 7) is 2.13. The van der Waals surface area contributed by atoms with E-state index in [1.165, 1.54) is 12.0 Å². The minimum Gasteiger partial charge on any atom is -0.508 e. The monoisotopic (exact) mass is 352 g/mol. The van der Waals surface area contributed by atoms with Gasteiger partial charge in [0.05, 0.1) is 25.7 Å². The zero-order chi connectivity index (χ0) is 18.7. The number of aryl methyl sites for hydroxylation is 1. The van der Waals surface area contributed by atoms with Crippen molar-refractivity contribution < 1.29 is 14.6 Å². The number of H-pyrrole nitrogens is 1. The highest BCUT2D eigenvalue weighted by Crippen LogP contribution is 2.20. The van der Waals surface area contributed by atoms with Gasteiger partial charge < -0.3 is 14.8 Å². The van der Waals surface area contributed by atoms with Gasteiger partial charge in [0.1, 0.15) is 5.75 Å². The molecule has 0 atom stereocenters. The highest BCUT2D eigenvalue weighted by Gasteiger charge is 2.18. The summed E-state index contributed by atoms with van der Waals surface area (Å²) in [5, 5.41) is 10.9. The van der Waals surface area contributed by atoms with Gasteiger partial charge in [-0.25, -0.2) is 4.79 Å². The average molecular weight is 352 g/mol. The van der Waals surface area contributed by atoms with Crippen molar-refractivity contribution in [1.82, 2.24) is 9.88 Å². The van der Waals surface area contributed by atoms with Gasteiger partial charge in [-0.1, -0.05) is 36.4 Å². The highest BCUT2D eigenvalue weighted by molar-refractivity contribution is 5.82. The largest absolute Gasteiger partial charge is 0.508 e. The summed E-state index contributed by atoms with van der Waals surface area (Å²) >= 11 is 0. The third kappa shape index (κ3) is 3.54. The summed E-state index contributed by atoms with van der Waals surface area (Å²) < 4.78 is 4.84. The summed E-state index contributed by atoms with van der Waals surface area (Å²) in [4.78, 5) is 28.9. The Labute approximate surface area is 150 Å². The van der Waals surface area contributed by atoms with E-state index in [-0.39, 0.29) is 24.4 Å². The Morgan fingerprint density at radius 3 is 2.58 bits per heavy atom. The molecule has 1 heterocycles. The number of hydrogen-bond acceptors (Lipinski definition) is 4. The minimum atomic E-state index is -0.572. The van der Waals surface area contributed by atoms with Crippen molar-refractivity contribution in [3.8, 4) is 5.75 Å². The number of phenolic OH excluding ortho intramolecular Hbond substituents is 1. The molecule has 0 radical (unpaired) electrons. The van der Waals surface area contributed by atoms with Gasteiger partial charge in [0, 0.05) is 11.1 Å². The van der Waals surface area contributed by atoms with Crippen molar-refractivity contribution in [3.05, 3.63) is 75.6 Å². The average Bonchev–Trinajstić information content (AvgIpc) is 2.63. The quantitative estimate of drug-likeness (QED) is 0.755. The van der Waals surface area contributed by atoms with Crippen LogP contribution in [0, 0.1) is 6.92 Å². The lowest BCUT2D eigenvalue weighted by Crippen LogP contribution is -2.32. The molecular formula is C20H20N2O4. The molecule has 3 rings (SSSR count). The Morgan fingerprint density at radius 1 is 1.12 bits per heavy atom. The van der Waals surface area contributed by atoms with E-state index in [0.29, 0.717) is 11.1 Å². The van der Waals surface area contributed by atoms with Gasteiger partial charge in [-0.15, -0.1) is 0 Å². The number of aromatic amines is 1. The Kier molecular flexibility index (Phi) is 4.93. The molecule has 1 amide bonds. The molecule has 6 nitrogen and oxygen atoms in total. The number of benzene rings is 2. The van der Waals surface area contributed by atoms with Crippen LogP contribution in [0.1, 0.15) is 16.7 Å². The van der Waals surface area contributed by atoms with Crippen LogP contribution in [0.2, 0.25) is 0 Å². The molecule has 0 aliphatic rings. The van der Waals surface area contributed by atoms with Gasteiger partial charge in [-0.05, 0) is 30.0 Å². The first-order valence-corrected chi connectivity index (χ1v) is 8.21. The molecule has 0 saturated carbocycles. The molecular weight excluding hydrogens is 332 g/mol. The third-order valence-electron chi connectivity index (χ3n) is 4.31. The molecule has 0 aliphatic carbocycles. The molecule has 1 aromatic heterocycles. The molecule has 0 unspecified atom stereocenters. The maximum absolute atomic E-state index is 12.5. The number of pyridine rings is 1. The number of rotatable bonds is 4. The van der Waals surface area contributed by atoms with E-state index in [2.05, 4.69) is 4.98 Å². The van der Waals surface area contributed by atoms with Crippen LogP contribution >= 0.6 is 0 Å². The number of ether oxygens (including phenoxy) is 1. The second-order valence-electron chi connectivity index (χ2n) is 6.12. The van der Waals surface area contributed by atoms with Crippen LogP contribution < -0.4 is 5.56 Å². The van der Waals surface area contributed by atoms with Crippen LogP contribution in [0.3, 0.4) is 0 Å². The van der Waals surface area contributed by atoms with Crippen LogP contribution in [0.25, 0.3) is 10.9 Å². The van der Waals surface area contributed by atoms with E-state index in [0.717, 1.165) is 16.5 Å². The van der Waals surface area contributed by atoms with Crippen molar-refractivity contribution in [2.24, 2.45) is 0 Å². The van der Waals surface area contributed by atoms with E-state index < -0.39 is 6.09 Å². The topological polar surface area (TPSA) is 82.6 Å². The van der Waals surface area contributed by atoms with Crippen LogP contribution in [0.5, 0.6) is 5.75 Å². The van der Waals surface area contributed by atoms with Crippen molar-refractivity contribution in [1.29, 1.82) is 0 Å². The Hall–Kier alpha value is -3.28. The van der Waals surface area contributed by atoms with E-state index >= 15 is 0 Å². The first-order chi connectivity index (χ1) is 12.5. The van der Waals surface area contributed by atoms with Gasteiger partial charge in [0.15, 0.2) is 0 Å². The van der Waals surface area contributed by atoms with Gasteiger partial charge in [-0.3, -0.25) is 9.69 Å². The summed E-state index contributed by atoms with van der Waals surface area (Å²) in [5.74, 6) is 0.0875. The molecule has 3 aromatic rings. The Morgan fingerprint density at radius 2 is 1.85 bits per heavy atom. The molecule has 26 heavy (non-hydrogen) atoms. The number of nitrogens with one attached hydrogen (secondary N) is 1. The number of methoxy groups -OCH3 is 1. The SMILES string of the molecule is COC(=O)N(Cc1ccccc1O)Cc1cc2cccc(C)c2[nH]c1=O. The number of para-hydroxylation sites is 2. The molecule has 0 bridgehead atoms. The van der Waals surface area contributed by atoms with Crippen LogP contribution in [0.15, 0.2) is 53.3 Å². The molecule has 134 valence electrons. The van der Waals surface area contributed by atoms with Crippen molar-refractivity contribution in [2.75, 3.05) is 7.11 Å². The van der Waals surface area contributed by atoms with E-state index in [9.17, 15) is 14.7 Å². The normalized spacial score (nSPS) is 10.7. The number of amides is 1. The van der Waals surface area contributed by atoms with E-state index in [4.69, 9.17) is 4.74 Å². The summed E-state index contributed by atoms with van der Waals surface area (Å²) in [6, 6.07) is 14.3. The summed E-state index contributed by atoms with van der Waals surface area (Å²) in [6.07, 6.45) is -0.572. The standard InChI is InChI=1S/C20H20N2O4/c1-13-6-5-8-14-10-16(19(24)21-18(13)14)12-22(20(25)26-2)11-15-7-3-4-9-17(15)23/h3-10,23H,11-12H2,1-2H3,(H,21,24). The first kappa shape index (κ1) is 17.5. The molecule has 0 fully saturated rings. The number of carbonyl (C=O) groups excluding carboxylic acids is 1. The first-order valence-electron chi connectivity index (χ1n) is 8.21. The molecule has 0 aliphatic heterocycles. The molecule has 0 spiro atoms. The maximum Gasteiger partial charge on any atom is 0.410 e. The summed E-state index contributed by atoms with van der Waals surface area (Å²) in [5.41, 5.74) is 2.53. The van der Waals surface area contributed by atoms with Gasteiger partial charge in [-0.2, -0.15) is 0 Å². The zero-order valence-electron chi connectivity index (χ0n) is 14.7. The lowest BCUT2D eigenvalue weighted by Gasteiger charge is -2.21. The minimum absolute atomic E-state index is 0.0697. The number of fused-ring (bicyclic) bond motifs is 1. The number of hydrogen-bond donors (Lipinski definition) is 2. The van der Waals surface area contributed by atoms with Crippen LogP contribution in [-0.4, -0.2) is 28.2 Å². The lowest BCUT2D eigenvalue weighted by molar-refractivity contribution is 0.117. The predicted octanol–water partition coefficient (Wildman–Crippen LogP) is 3.31. The fourth-order valence-corrected chi connectivity index (χ4v) is 2.92. The van der Waals surface area contributed by atoms with Gasteiger partial charge >= 0.3 is 6.09 Å². The van der Waals surface area contributed by atoms with Crippen LogP contribution in [0.4, 0.5) is 4.79 Å².